The van der Waals surface area contributed by atoms with Crippen molar-refractivity contribution < 1.29 is 9.53 Å². The van der Waals surface area contributed by atoms with Gasteiger partial charge in [-0.05, 0) is 33.6 Å². The van der Waals surface area contributed by atoms with Crippen molar-refractivity contribution in [3.63, 3.8) is 0 Å². The zero-order valence-corrected chi connectivity index (χ0v) is 11.0. The third kappa shape index (κ3) is 3.76. The smallest absolute Gasteiger partial charge is 0.238 e. The Labute approximate surface area is 98.3 Å². The predicted molar refractivity (Wildman–Crippen MR) is 64.3 cm³/mol. The molecule has 1 amide bonds. The molecular formula is C12H24N2O2. The third-order valence-corrected chi connectivity index (χ3v) is 2.99. The van der Waals surface area contributed by atoms with Gasteiger partial charge >= 0.3 is 0 Å². The van der Waals surface area contributed by atoms with Crippen LogP contribution in [0, 0.1) is 0 Å². The van der Waals surface area contributed by atoms with Crippen molar-refractivity contribution in [3.05, 3.63) is 0 Å². The van der Waals surface area contributed by atoms with E-state index in [2.05, 4.69) is 19.2 Å². The van der Waals surface area contributed by atoms with Gasteiger partial charge in [-0.1, -0.05) is 0 Å². The lowest BCUT2D eigenvalue weighted by Gasteiger charge is -2.34. The lowest BCUT2D eigenvalue weighted by Crippen LogP contribution is -2.50. The van der Waals surface area contributed by atoms with Crippen molar-refractivity contribution in [1.29, 1.82) is 0 Å². The molecule has 0 aliphatic carbocycles. The SMILES string of the molecule is CC1CC(NC(C)C(=O)N(C)C)CC(C)O1. The Bertz CT molecular complexity index is 233. The van der Waals surface area contributed by atoms with Gasteiger partial charge in [-0.2, -0.15) is 0 Å². The van der Waals surface area contributed by atoms with E-state index in [1.54, 1.807) is 19.0 Å². The van der Waals surface area contributed by atoms with Crippen LogP contribution in [0.1, 0.15) is 33.6 Å². The summed E-state index contributed by atoms with van der Waals surface area (Å²) in [5, 5.41) is 3.39. The number of ether oxygens (including phenoxy) is 1. The summed E-state index contributed by atoms with van der Waals surface area (Å²) < 4.78 is 5.67. The van der Waals surface area contributed by atoms with Gasteiger partial charge < -0.3 is 15.0 Å². The summed E-state index contributed by atoms with van der Waals surface area (Å²) in [6, 6.07) is 0.273. The molecule has 0 saturated carbocycles. The summed E-state index contributed by atoms with van der Waals surface area (Å²) >= 11 is 0. The number of nitrogens with zero attached hydrogens (tertiary/aromatic N) is 1. The lowest BCUT2D eigenvalue weighted by molar-refractivity contribution is -0.131. The number of nitrogens with one attached hydrogen (secondary N) is 1. The van der Waals surface area contributed by atoms with Crippen LogP contribution < -0.4 is 5.32 Å². The van der Waals surface area contributed by atoms with Crippen molar-refractivity contribution in [2.75, 3.05) is 14.1 Å². The van der Waals surface area contributed by atoms with Crippen LogP contribution in [0.2, 0.25) is 0 Å². The first-order valence-electron chi connectivity index (χ1n) is 6.02. The third-order valence-electron chi connectivity index (χ3n) is 2.99. The molecule has 1 aliphatic rings. The van der Waals surface area contributed by atoms with E-state index in [0.29, 0.717) is 6.04 Å². The second kappa shape index (κ2) is 5.64. The van der Waals surface area contributed by atoms with Gasteiger partial charge in [0.2, 0.25) is 5.91 Å². The Morgan fingerprint density at radius 1 is 1.31 bits per heavy atom. The van der Waals surface area contributed by atoms with Gasteiger partial charge in [0.05, 0.1) is 18.2 Å². The van der Waals surface area contributed by atoms with E-state index in [9.17, 15) is 4.79 Å². The van der Waals surface area contributed by atoms with Gasteiger partial charge in [0.25, 0.3) is 0 Å². The molecule has 94 valence electrons. The molecule has 1 aliphatic heterocycles. The largest absolute Gasteiger partial charge is 0.375 e. The molecule has 1 heterocycles. The predicted octanol–water partition coefficient (Wildman–Crippen LogP) is 1.01. The summed E-state index contributed by atoms with van der Waals surface area (Å²) in [5.41, 5.74) is 0. The van der Waals surface area contributed by atoms with E-state index in [1.807, 2.05) is 6.92 Å². The van der Waals surface area contributed by atoms with Gasteiger partial charge in [-0.15, -0.1) is 0 Å². The zero-order valence-electron chi connectivity index (χ0n) is 11.0. The van der Waals surface area contributed by atoms with Crippen LogP contribution in [0.3, 0.4) is 0 Å². The fraction of sp³-hybridized carbons (Fsp3) is 0.917. The van der Waals surface area contributed by atoms with Crippen LogP contribution in [-0.4, -0.2) is 49.2 Å². The molecule has 0 radical (unpaired) electrons. The second-order valence-corrected chi connectivity index (χ2v) is 5.05. The van der Waals surface area contributed by atoms with Crippen molar-refractivity contribution in [2.24, 2.45) is 0 Å². The molecule has 1 fully saturated rings. The second-order valence-electron chi connectivity index (χ2n) is 5.05. The number of likely N-dealkylation sites (N-methyl/N-ethyl adjacent to an activating group) is 1. The van der Waals surface area contributed by atoms with Crippen LogP contribution in [0.15, 0.2) is 0 Å². The first-order chi connectivity index (χ1) is 7.40. The maximum atomic E-state index is 11.7. The van der Waals surface area contributed by atoms with E-state index in [0.717, 1.165) is 12.8 Å². The molecule has 4 heteroatoms. The monoisotopic (exact) mass is 228 g/mol. The fourth-order valence-corrected chi connectivity index (χ4v) is 2.35. The molecule has 0 aromatic carbocycles. The molecule has 4 nitrogen and oxygen atoms in total. The van der Waals surface area contributed by atoms with Crippen LogP contribution in [0.25, 0.3) is 0 Å². The van der Waals surface area contributed by atoms with Crippen LogP contribution in [-0.2, 0) is 9.53 Å². The van der Waals surface area contributed by atoms with Gasteiger partial charge in [-0.3, -0.25) is 4.79 Å². The van der Waals surface area contributed by atoms with E-state index in [-0.39, 0.29) is 24.2 Å². The molecule has 3 atom stereocenters. The Kier molecular flexibility index (Phi) is 4.74. The van der Waals surface area contributed by atoms with E-state index >= 15 is 0 Å². The van der Waals surface area contributed by atoms with Gasteiger partial charge in [-0.25, -0.2) is 0 Å². The van der Waals surface area contributed by atoms with Crippen LogP contribution in [0.4, 0.5) is 0 Å². The Hall–Kier alpha value is -0.610. The molecule has 1 saturated heterocycles. The standard InChI is InChI=1S/C12H24N2O2/c1-8-6-11(7-9(2)16-8)13-10(3)12(15)14(4)5/h8-11,13H,6-7H2,1-5H3. The average Bonchev–Trinajstić information content (AvgIpc) is 2.14. The maximum Gasteiger partial charge on any atom is 0.238 e. The van der Waals surface area contributed by atoms with Crippen LogP contribution in [0.5, 0.6) is 0 Å². The minimum absolute atomic E-state index is 0.113. The number of rotatable bonds is 3. The van der Waals surface area contributed by atoms with Gasteiger partial charge in [0, 0.05) is 20.1 Å². The first-order valence-corrected chi connectivity index (χ1v) is 6.02. The quantitative estimate of drug-likeness (QED) is 0.784. The van der Waals surface area contributed by atoms with Crippen molar-refractivity contribution in [2.45, 2.75) is 57.9 Å². The maximum absolute atomic E-state index is 11.7. The summed E-state index contributed by atoms with van der Waals surface area (Å²) in [5.74, 6) is 0.131. The number of hydrogen-bond acceptors (Lipinski definition) is 3. The van der Waals surface area contributed by atoms with Crippen LogP contribution >= 0.6 is 0 Å². The first kappa shape index (κ1) is 13.5. The highest BCUT2D eigenvalue weighted by molar-refractivity contribution is 5.80. The Balaban J connectivity index is 2.44. The zero-order chi connectivity index (χ0) is 12.3. The normalized spacial score (nSPS) is 32.2. The Morgan fingerprint density at radius 3 is 2.25 bits per heavy atom. The number of amides is 1. The van der Waals surface area contributed by atoms with E-state index < -0.39 is 0 Å². The number of carbonyl (C=O) groups excluding carboxylic acids is 1. The number of carbonyl (C=O) groups is 1. The minimum Gasteiger partial charge on any atom is -0.375 e. The number of hydrogen-bond donors (Lipinski definition) is 1. The lowest BCUT2D eigenvalue weighted by atomic mass is 9.99. The minimum atomic E-state index is -0.113. The summed E-state index contributed by atoms with van der Waals surface area (Å²) in [6.45, 7) is 6.10. The van der Waals surface area contributed by atoms with Gasteiger partial charge in [0.1, 0.15) is 0 Å². The highest BCUT2D eigenvalue weighted by atomic mass is 16.5. The highest BCUT2D eigenvalue weighted by Crippen LogP contribution is 2.19. The molecule has 16 heavy (non-hydrogen) atoms. The molecule has 0 aromatic heterocycles. The van der Waals surface area contributed by atoms with E-state index in [4.69, 9.17) is 4.74 Å². The highest BCUT2D eigenvalue weighted by Gasteiger charge is 2.27. The van der Waals surface area contributed by atoms with Crippen molar-refractivity contribution >= 4 is 5.91 Å². The van der Waals surface area contributed by atoms with Gasteiger partial charge in [0.15, 0.2) is 0 Å². The summed E-state index contributed by atoms with van der Waals surface area (Å²) in [4.78, 5) is 13.3. The Morgan fingerprint density at radius 2 is 1.81 bits per heavy atom. The molecule has 0 spiro atoms. The topological polar surface area (TPSA) is 41.6 Å². The summed E-state index contributed by atoms with van der Waals surface area (Å²) in [7, 11) is 3.57. The summed E-state index contributed by atoms with van der Waals surface area (Å²) in [6.07, 6.45) is 2.52. The molecule has 1 rings (SSSR count). The van der Waals surface area contributed by atoms with Crippen molar-refractivity contribution in [3.8, 4) is 0 Å². The van der Waals surface area contributed by atoms with E-state index in [1.165, 1.54) is 0 Å². The molecule has 0 aromatic rings. The molecule has 0 bridgehead atoms. The molecule has 3 unspecified atom stereocenters. The molecular weight excluding hydrogens is 204 g/mol. The van der Waals surface area contributed by atoms with Crippen molar-refractivity contribution in [1.82, 2.24) is 10.2 Å². The average molecular weight is 228 g/mol. The fourth-order valence-electron chi connectivity index (χ4n) is 2.35. The molecule has 1 N–H and O–H groups in total.